The standard InChI is InChI=1S/C20H16N6/c1-26-12-14(10-24-26)17-11-23-19-16(17)6-8-22-20(19)25-18-4-2-3-13-9-21-7-5-15(13)18/h2-12,23H,1H3,(H,22,25). The summed E-state index contributed by atoms with van der Waals surface area (Å²) in [5.74, 6) is 0.793. The zero-order valence-electron chi connectivity index (χ0n) is 14.1. The Balaban J connectivity index is 1.62. The van der Waals surface area contributed by atoms with Gasteiger partial charge in [-0.25, -0.2) is 4.98 Å². The summed E-state index contributed by atoms with van der Waals surface area (Å²) in [6.45, 7) is 0. The molecule has 0 radical (unpaired) electrons. The van der Waals surface area contributed by atoms with Crippen molar-refractivity contribution in [3.8, 4) is 11.1 Å². The molecule has 0 bridgehead atoms. The number of nitrogens with zero attached hydrogens (tertiary/aromatic N) is 4. The summed E-state index contributed by atoms with van der Waals surface area (Å²) in [5.41, 5.74) is 4.16. The van der Waals surface area contributed by atoms with Gasteiger partial charge in [-0.15, -0.1) is 0 Å². The van der Waals surface area contributed by atoms with Gasteiger partial charge in [0.05, 0.1) is 11.7 Å². The molecule has 5 aromatic rings. The number of pyridine rings is 2. The molecule has 0 saturated carbocycles. The quantitative estimate of drug-likeness (QED) is 0.515. The zero-order chi connectivity index (χ0) is 17.5. The highest BCUT2D eigenvalue weighted by molar-refractivity contribution is 6.02. The number of fused-ring (bicyclic) bond motifs is 2. The lowest BCUT2D eigenvalue weighted by molar-refractivity contribution is 0.768. The largest absolute Gasteiger partial charge is 0.358 e. The summed E-state index contributed by atoms with van der Waals surface area (Å²) in [6.07, 6.45) is 11.4. The van der Waals surface area contributed by atoms with Crippen LogP contribution >= 0.6 is 0 Å². The van der Waals surface area contributed by atoms with Crippen molar-refractivity contribution >= 4 is 33.2 Å². The van der Waals surface area contributed by atoms with E-state index in [4.69, 9.17) is 0 Å². The van der Waals surface area contributed by atoms with Gasteiger partial charge < -0.3 is 10.3 Å². The van der Waals surface area contributed by atoms with Crippen LogP contribution < -0.4 is 5.32 Å². The number of aromatic nitrogens is 5. The van der Waals surface area contributed by atoms with Crippen LogP contribution in [-0.4, -0.2) is 24.7 Å². The van der Waals surface area contributed by atoms with Crippen molar-refractivity contribution in [2.75, 3.05) is 5.32 Å². The maximum absolute atomic E-state index is 4.54. The Hall–Kier alpha value is -3.67. The monoisotopic (exact) mass is 340 g/mol. The van der Waals surface area contributed by atoms with E-state index in [9.17, 15) is 0 Å². The summed E-state index contributed by atoms with van der Waals surface area (Å²) in [7, 11) is 1.92. The first kappa shape index (κ1) is 14.7. The molecule has 4 aromatic heterocycles. The van der Waals surface area contributed by atoms with E-state index in [0.29, 0.717) is 0 Å². The second kappa shape index (κ2) is 5.70. The topological polar surface area (TPSA) is 71.4 Å². The highest BCUT2D eigenvalue weighted by Crippen LogP contribution is 2.33. The van der Waals surface area contributed by atoms with E-state index in [1.165, 1.54) is 0 Å². The van der Waals surface area contributed by atoms with Crippen molar-refractivity contribution in [3.63, 3.8) is 0 Å². The predicted octanol–water partition coefficient (Wildman–Crippen LogP) is 4.26. The highest BCUT2D eigenvalue weighted by atomic mass is 15.2. The van der Waals surface area contributed by atoms with Gasteiger partial charge in [-0.3, -0.25) is 9.67 Å². The molecular formula is C20H16N6. The van der Waals surface area contributed by atoms with Crippen molar-refractivity contribution in [1.82, 2.24) is 24.7 Å². The van der Waals surface area contributed by atoms with Crippen LogP contribution in [0.1, 0.15) is 0 Å². The molecule has 0 spiro atoms. The summed E-state index contributed by atoms with van der Waals surface area (Å²) >= 11 is 0. The van der Waals surface area contributed by atoms with Crippen molar-refractivity contribution < 1.29 is 0 Å². The third-order valence-corrected chi connectivity index (χ3v) is 4.55. The van der Waals surface area contributed by atoms with E-state index < -0.39 is 0 Å². The van der Waals surface area contributed by atoms with Crippen LogP contribution in [0.2, 0.25) is 0 Å². The van der Waals surface area contributed by atoms with Gasteiger partial charge in [0.15, 0.2) is 5.82 Å². The Morgan fingerprint density at radius 1 is 1.04 bits per heavy atom. The average molecular weight is 340 g/mol. The number of nitrogens with one attached hydrogen (secondary N) is 2. The average Bonchev–Trinajstić information content (AvgIpc) is 3.28. The van der Waals surface area contributed by atoms with Crippen LogP contribution in [0.3, 0.4) is 0 Å². The third-order valence-electron chi connectivity index (χ3n) is 4.55. The Bertz CT molecular complexity index is 1230. The summed E-state index contributed by atoms with van der Waals surface area (Å²) in [5, 5.41) is 11.0. The summed E-state index contributed by atoms with van der Waals surface area (Å²) in [6, 6.07) is 10.1. The Morgan fingerprint density at radius 3 is 2.85 bits per heavy atom. The van der Waals surface area contributed by atoms with Gasteiger partial charge >= 0.3 is 0 Å². The molecule has 26 heavy (non-hydrogen) atoms. The van der Waals surface area contributed by atoms with Crippen LogP contribution in [-0.2, 0) is 7.05 Å². The molecule has 6 heteroatoms. The number of hydrogen-bond donors (Lipinski definition) is 2. The molecule has 126 valence electrons. The second-order valence-electron chi connectivity index (χ2n) is 6.21. The SMILES string of the molecule is Cn1cc(-c2c[nH]c3c(Nc4cccc5cnccc45)nccc23)cn1. The lowest BCUT2D eigenvalue weighted by Crippen LogP contribution is -1.95. The van der Waals surface area contributed by atoms with Gasteiger partial charge in [0, 0.05) is 71.0 Å². The van der Waals surface area contributed by atoms with Crippen molar-refractivity contribution in [3.05, 3.63) is 67.5 Å². The molecule has 0 amide bonds. The molecule has 2 N–H and O–H groups in total. The van der Waals surface area contributed by atoms with Crippen LogP contribution in [0, 0.1) is 0 Å². The number of hydrogen-bond acceptors (Lipinski definition) is 4. The molecule has 0 aliphatic heterocycles. The van der Waals surface area contributed by atoms with E-state index in [1.54, 1.807) is 10.9 Å². The van der Waals surface area contributed by atoms with Crippen molar-refractivity contribution in [2.45, 2.75) is 0 Å². The number of benzene rings is 1. The number of aryl methyl sites for hydroxylation is 1. The minimum absolute atomic E-state index is 0.793. The van der Waals surface area contributed by atoms with Gasteiger partial charge in [0.1, 0.15) is 0 Å². The zero-order valence-corrected chi connectivity index (χ0v) is 14.1. The number of anilines is 2. The lowest BCUT2D eigenvalue weighted by Gasteiger charge is -2.10. The first-order chi connectivity index (χ1) is 12.8. The molecule has 1 aromatic carbocycles. The van der Waals surface area contributed by atoms with E-state index in [2.05, 4.69) is 31.4 Å². The smallest absolute Gasteiger partial charge is 0.154 e. The maximum atomic E-state index is 4.54. The lowest BCUT2D eigenvalue weighted by atomic mass is 10.1. The fraction of sp³-hybridized carbons (Fsp3) is 0.0500. The number of H-pyrrole nitrogens is 1. The Labute approximate surface area is 149 Å². The molecule has 0 unspecified atom stereocenters. The first-order valence-corrected chi connectivity index (χ1v) is 8.34. The fourth-order valence-electron chi connectivity index (χ4n) is 3.31. The van der Waals surface area contributed by atoms with Gasteiger partial charge in [-0.1, -0.05) is 12.1 Å². The van der Waals surface area contributed by atoms with Crippen LogP contribution in [0.15, 0.2) is 67.5 Å². The van der Waals surface area contributed by atoms with E-state index in [1.807, 2.05) is 62.3 Å². The van der Waals surface area contributed by atoms with Crippen LogP contribution in [0.25, 0.3) is 32.8 Å². The predicted molar refractivity (Wildman–Crippen MR) is 103 cm³/mol. The minimum atomic E-state index is 0.793. The Morgan fingerprint density at radius 2 is 1.96 bits per heavy atom. The fourth-order valence-corrected chi connectivity index (χ4v) is 3.31. The van der Waals surface area contributed by atoms with E-state index in [0.717, 1.165) is 44.3 Å². The highest BCUT2D eigenvalue weighted by Gasteiger charge is 2.12. The molecular weight excluding hydrogens is 324 g/mol. The summed E-state index contributed by atoms with van der Waals surface area (Å²) < 4.78 is 1.80. The molecule has 5 rings (SSSR count). The van der Waals surface area contributed by atoms with Crippen molar-refractivity contribution in [1.29, 1.82) is 0 Å². The van der Waals surface area contributed by atoms with Crippen molar-refractivity contribution in [2.24, 2.45) is 7.05 Å². The minimum Gasteiger partial charge on any atom is -0.358 e. The molecule has 0 aliphatic rings. The van der Waals surface area contributed by atoms with E-state index >= 15 is 0 Å². The molecule has 4 heterocycles. The third kappa shape index (κ3) is 2.31. The van der Waals surface area contributed by atoms with Crippen LogP contribution in [0.5, 0.6) is 0 Å². The normalized spacial score (nSPS) is 11.3. The molecule has 0 fully saturated rings. The van der Waals surface area contributed by atoms with Gasteiger partial charge in [0.2, 0.25) is 0 Å². The molecule has 0 saturated heterocycles. The Kier molecular flexibility index (Phi) is 3.21. The van der Waals surface area contributed by atoms with Gasteiger partial charge in [-0.2, -0.15) is 5.10 Å². The van der Waals surface area contributed by atoms with E-state index in [-0.39, 0.29) is 0 Å². The summed E-state index contributed by atoms with van der Waals surface area (Å²) in [4.78, 5) is 12.1. The van der Waals surface area contributed by atoms with Gasteiger partial charge in [-0.05, 0) is 18.2 Å². The molecule has 0 aliphatic carbocycles. The number of aromatic amines is 1. The second-order valence-corrected chi connectivity index (χ2v) is 6.21. The van der Waals surface area contributed by atoms with Gasteiger partial charge in [0.25, 0.3) is 0 Å². The first-order valence-electron chi connectivity index (χ1n) is 8.34. The maximum Gasteiger partial charge on any atom is 0.154 e. The molecule has 6 nitrogen and oxygen atoms in total. The molecule has 0 atom stereocenters. The number of rotatable bonds is 3. The van der Waals surface area contributed by atoms with Crippen LogP contribution in [0.4, 0.5) is 11.5 Å².